The Hall–Kier alpha value is -6.43. The zero-order chi connectivity index (χ0) is 31.3. The molecule has 0 fully saturated rings. The van der Waals surface area contributed by atoms with Gasteiger partial charge in [0.1, 0.15) is 5.82 Å². The third kappa shape index (κ3) is 4.41. The summed E-state index contributed by atoms with van der Waals surface area (Å²) in [5.41, 5.74) is 9.66. The Labute approximate surface area is 273 Å². The standard InChI is InChI=1S/C45H28N2/c1-2-30-23-26-42-41(27-30)46-45(47(42)36-17-4-3-5-18-36)35-16-12-15-33(29-35)43-37-19-8-10-21-39(37)44(40-22-11-9-20-38(40)43)34-25-24-31-13-6-7-14-32(31)28-34/h1,3-29H. The molecule has 0 spiro atoms. The fourth-order valence-corrected chi connectivity index (χ4v) is 7.11. The van der Waals surface area contributed by atoms with E-state index in [-0.39, 0.29) is 0 Å². The van der Waals surface area contributed by atoms with Crippen LogP contribution in [0.4, 0.5) is 0 Å². The van der Waals surface area contributed by atoms with E-state index in [0.717, 1.165) is 39.2 Å². The molecule has 0 saturated heterocycles. The molecule has 0 atom stereocenters. The Kier molecular flexibility index (Phi) is 6.23. The molecule has 1 aromatic heterocycles. The van der Waals surface area contributed by atoms with Gasteiger partial charge in [0, 0.05) is 16.8 Å². The minimum atomic E-state index is 0.819. The summed E-state index contributed by atoms with van der Waals surface area (Å²) in [6, 6.07) is 58.3. The first kappa shape index (κ1) is 26.9. The van der Waals surface area contributed by atoms with Gasteiger partial charge in [-0.05, 0) is 97.0 Å². The molecule has 2 nitrogen and oxygen atoms in total. The van der Waals surface area contributed by atoms with Gasteiger partial charge in [-0.25, -0.2) is 4.98 Å². The third-order valence-corrected chi connectivity index (χ3v) is 9.21. The first-order chi connectivity index (χ1) is 23.3. The van der Waals surface area contributed by atoms with Gasteiger partial charge in [0.15, 0.2) is 0 Å². The van der Waals surface area contributed by atoms with Crippen molar-refractivity contribution in [1.29, 1.82) is 0 Å². The molecule has 0 unspecified atom stereocenters. The highest BCUT2D eigenvalue weighted by Gasteiger charge is 2.19. The van der Waals surface area contributed by atoms with Crippen LogP contribution in [0, 0.1) is 12.3 Å². The van der Waals surface area contributed by atoms with Crippen LogP contribution in [0.25, 0.3) is 82.7 Å². The molecule has 8 aromatic carbocycles. The third-order valence-electron chi connectivity index (χ3n) is 9.21. The van der Waals surface area contributed by atoms with Gasteiger partial charge in [0.2, 0.25) is 0 Å². The minimum absolute atomic E-state index is 0.819. The molecule has 47 heavy (non-hydrogen) atoms. The quantitative estimate of drug-likeness (QED) is 0.146. The van der Waals surface area contributed by atoms with Crippen molar-refractivity contribution >= 4 is 43.4 Å². The van der Waals surface area contributed by atoms with Crippen LogP contribution in [0.2, 0.25) is 0 Å². The van der Waals surface area contributed by atoms with Crippen molar-refractivity contribution in [3.05, 3.63) is 169 Å². The molecule has 1 heterocycles. The second-order valence-corrected chi connectivity index (χ2v) is 11.9. The molecular weight excluding hydrogens is 569 g/mol. The van der Waals surface area contributed by atoms with Gasteiger partial charge in [-0.1, -0.05) is 127 Å². The molecule has 0 aliphatic heterocycles. The first-order valence-corrected chi connectivity index (χ1v) is 15.8. The van der Waals surface area contributed by atoms with Crippen LogP contribution in [0.3, 0.4) is 0 Å². The number of benzene rings is 8. The van der Waals surface area contributed by atoms with Crippen LogP contribution < -0.4 is 0 Å². The van der Waals surface area contributed by atoms with E-state index in [0.29, 0.717) is 0 Å². The Morgan fingerprint density at radius 1 is 0.468 bits per heavy atom. The number of terminal acetylenes is 1. The van der Waals surface area contributed by atoms with Gasteiger partial charge in [-0.3, -0.25) is 4.57 Å². The van der Waals surface area contributed by atoms with Gasteiger partial charge in [0.25, 0.3) is 0 Å². The number of fused-ring (bicyclic) bond motifs is 4. The highest BCUT2D eigenvalue weighted by atomic mass is 15.1. The molecule has 0 amide bonds. The lowest BCUT2D eigenvalue weighted by atomic mass is 9.85. The fraction of sp³-hybridized carbons (Fsp3) is 0. The normalized spacial score (nSPS) is 11.4. The molecule has 218 valence electrons. The van der Waals surface area contributed by atoms with E-state index in [2.05, 4.69) is 156 Å². The summed E-state index contributed by atoms with van der Waals surface area (Å²) in [6.45, 7) is 0. The molecule has 0 aliphatic carbocycles. The van der Waals surface area contributed by atoms with Crippen molar-refractivity contribution in [3.63, 3.8) is 0 Å². The second kappa shape index (κ2) is 10.9. The maximum absolute atomic E-state index is 5.77. The van der Waals surface area contributed by atoms with Gasteiger partial charge in [-0.2, -0.15) is 0 Å². The van der Waals surface area contributed by atoms with E-state index in [1.165, 1.54) is 49.0 Å². The molecule has 0 saturated carbocycles. The lowest BCUT2D eigenvalue weighted by Crippen LogP contribution is -1.97. The van der Waals surface area contributed by atoms with Gasteiger partial charge >= 0.3 is 0 Å². The van der Waals surface area contributed by atoms with Crippen molar-refractivity contribution in [1.82, 2.24) is 9.55 Å². The number of aromatic nitrogens is 2. The number of hydrogen-bond donors (Lipinski definition) is 0. The highest BCUT2D eigenvalue weighted by molar-refractivity contribution is 6.21. The molecule has 0 bridgehead atoms. The number of imidazole rings is 1. The van der Waals surface area contributed by atoms with E-state index in [1.54, 1.807) is 0 Å². The van der Waals surface area contributed by atoms with Crippen molar-refractivity contribution in [2.75, 3.05) is 0 Å². The van der Waals surface area contributed by atoms with E-state index in [1.807, 2.05) is 18.2 Å². The summed E-state index contributed by atoms with van der Waals surface area (Å²) in [4.78, 5) is 5.17. The summed E-state index contributed by atoms with van der Waals surface area (Å²) in [7, 11) is 0. The SMILES string of the molecule is C#Cc1ccc2c(c1)nc(-c1cccc(-c3c4ccccc4c(-c4ccc5ccccc5c4)c4ccccc34)c1)n2-c1ccccc1. The van der Waals surface area contributed by atoms with Gasteiger partial charge < -0.3 is 0 Å². The van der Waals surface area contributed by atoms with Crippen LogP contribution in [-0.2, 0) is 0 Å². The summed E-state index contributed by atoms with van der Waals surface area (Å²) >= 11 is 0. The van der Waals surface area contributed by atoms with Crippen LogP contribution in [0.15, 0.2) is 164 Å². The monoisotopic (exact) mass is 596 g/mol. The Morgan fingerprint density at radius 2 is 1.06 bits per heavy atom. The summed E-state index contributed by atoms with van der Waals surface area (Å²) in [5.74, 6) is 3.65. The van der Waals surface area contributed by atoms with E-state index in [9.17, 15) is 0 Å². The summed E-state index contributed by atoms with van der Waals surface area (Å²) < 4.78 is 2.23. The first-order valence-electron chi connectivity index (χ1n) is 15.8. The zero-order valence-electron chi connectivity index (χ0n) is 25.6. The average molecular weight is 597 g/mol. The lowest BCUT2D eigenvalue weighted by Gasteiger charge is -2.18. The van der Waals surface area contributed by atoms with Crippen LogP contribution in [0.5, 0.6) is 0 Å². The Bertz CT molecular complexity index is 2630. The topological polar surface area (TPSA) is 17.8 Å². The number of para-hydroxylation sites is 1. The Morgan fingerprint density at radius 3 is 1.74 bits per heavy atom. The van der Waals surface area contributed by atoms with Crippen LogP contribution in [-0.4, -0.2) is 9.55 Å². The van der Waals surface area contributed by atoms with E-state index >= 15 is 0 Å². The van der Waals surface area contributed by atoms with E-state index in [4.69, 9.17) is 11.4 Å². The maximum Gasteiger partial charge on any atom is 0.145 e. The lowest BCUT2D eigenvalue weighted by molar-refractivity contribution is 1.10. The fourth-order valence-electron chi connectivity index (χ4n) is 7.11. The smallest absolute Gasteiger partial charge is 0.145 e. The second-order valence-electron chi connectivity index (χ2n) is 11.9. The molecular formula is C45H28N2. The zero-order valence-corrected chi connectivity index (χ0v) is 25.6. The van der Waals surface area contributed by atoms with Gasteiger partial charge in [0.05, 0.1) is 11.0 Å². The average Bonchev–Trinajstić information content (AvgIpc) is 3.53. The van der Waals surface area contributed by atoms with Crippen molar-refractivity contribution in [2.24, 2.45) is 0 Å². The van der Waals surface area contributed by atoms with Crippen molar-refractivity contribution in [3.8, 4) is 51.7 Å². The molecule has 2 heteroatoms. The van der Waals surface area contributed by atoms with Crippen LogP contribution in [0.1, 0.15) is 5.56 Å². The van der Waals surface area contributed by atoms with Gasteiger partial charge in [-0.15, -0.1) is 6.42 Å². The number of nitrogens with zero attached hydrogens (tertiary/aromatic N) is 2. The van der Waals surface area contributed by atoms with E-state index < -0.39 is 0 Å². The molecule has 9 aromatic rings. The molecule has 9 rings (SSSR count). The highest BCUT2D eigenvalue weighted by Crippen LogP contribution is 2.44. The largest absolute Gasteiger partial charge is 0.292 e. The molecule has 0 aliphatic rings. The summed E-state index contributed by atoms with van der Waals surface area (Å²) in [6.07, 6.45) is 5.77. The number of rotatable bonds is 4. The Balaban J connectivity index is 1.30. The minimum Gasteiger partial charge on any atom is -0.292 e. The molecule has 0 radical (unpaired) electrons. The van der Waals surface area contributed by atoms with Crippen molar-refractivity contribution in [2.45, 2.75) is 0 Å². The number of hydrogen-bond acceptors (Lipinski definition) is 1. The predicted octanol–water partition coefficient (Wildman–Crippen LogP) is 11.5. The van der Waals surface area contributed by atoms with Crippen LogP contribution >= 0.6 is 0 Å². The van der Waals surface area contributed by atoms with Crippen molar-refractivity contribution < 1.29 is 0 Å². The predicted molar refractivity (Wildman–Crippen MR) is 198 cm³/mol. The summed E-state index contributed by atoms with van der Waals surface area (Å²) in [5, 5.41) is 7.41. The molecule has 0 N–H and O–H groups in total. The maximum atomic E-state index is 5.77.